The number of rotatable bonds is 2. The molecule has 2 aromatic heterocycles. The van der Waals surface area contributed by atoms with Gasteiger partial charge in [-0.2, -0.15) is 10.4 Å². The molecular formula is C12H9ClN4O. The molecule has 0 aliphatic heterocycles. The number of aromatic nitrogens is 3. The molecule has 0 aliphatic rings. The SMILES string of the molecule is CC(=O)c1ccc(Cl)nc1-c1n[nH]c(C)c1C#N. The summed E-state index contributed by atoms with van der Waals surface area (Å²) in [7, 11) is 0. The van der Waals surface area contributed by atoms with Crippen LogP contribution in [0, 0.1) is 18.3 Å². The molecule has 2 aromatic rings. The van der Waals surface area contributed by atoms with Crippen LogP contribution in [-0.2, 0) is 0 Å². The van der Waals surface area contributed by atoms with E-state index in [1.807, 2.05) is 6.07 Å². The minimum Gasteiger partial charge on any atom is -0.294 e. The largest absolute Gasteiger partial charge is 0.294 e. The average Bonchev–Trinajstić information content (AvgIpc) is 2.69. The third kappa shape index (κ3) is 1.98. The number of H-pyrrole nitrogens is 1. The Labute approximate surface area is 108 Å². The molecular weight excluding hydrogens is 252 g/mol. The highest BCUT2D eigenvalue weighted by Crippen LogP contribution is 2.26. The van der Waals surface area contributed by atoms with Gasteiger partial charge in [0, 0.05) is 5.56 Å². The molecule has 0 aromatic carbocycles. The zero-order valence-corrected chi connectivity index (χ0v) is 10.5. The second-order valence-electron chi connectivity index (χ2n) is 3.77. The van der Waals surface area contributed by atoms with Crippen molar-refractivity contribution >= 4 is 17.4 Å². The first-order chi connectivity index (χ1) is 8.54. The number of aryl methyl sites for hydroxylation is 1. The number of ketones is 1. The van der Waals surface area contributed by atoms with Crippen molar-refractivity contribution in [3.8, 4) is 17.5 Å². The molecule has 1 N–H and O–H groups in total. The molecule has 0 unspecified atom stereocenters. The normalized spacial score (nSPS) is 10.1. The summed E-state index contributed by atoms with van der Waals surface area (Å²) in [4.78, 5) is 15.7. The van der Waals surface area contributed by atoms with Crippen molar-refractivity contribution in [1.82, 2.24) is 15.2 Å². The number of halogens is 1. The number of Topliss-reactive ketones (excluding diaryl/α,β-unsaturated/α-hetero) is 1. The van der Waals surface area contributed by atoms with E-state index in [0.29, 0.717) is 28.2 Å². The fraction of sp³-hybridized carbons (Fsp3) is 0.167. The van der Waals surface area contributed by atoms with E-state index in [1.165, 1.54) is 13.0 Å². The third-order valence-corrected chi connectivity index (χ3v) is 2.73. The van der Waals surface area contributed by atoms with Gasteiger partial charge in [0.2, 0.25) is 0 Å². The maximum atomic E-state index is 11.6. The Bertz CT molecular complexity index is 669. The number of nitrogens with one attached hydrogen (secondary N) is 1. The van der Waals surface area contributed by atoms with Crippen molar-refractivity contribution in [2.75, 3.05) is 0 Å². The first kappa shape index (κ1) is 12.3. The van der Waals surface area contributed by atoms with Gasteiger partial charge in [-0.25, -0.2) is 4.98 Å². The van der Waals surface area contributed by atoms with E-state index in [2.05, 4.69) is 15.2 Å². The molecule has 5 nitrogen and oxygen atoms in total. The maximum Gasteiger partial charge on any atom is 0.162 e. The molecule has 90 valence electrons. The van der Waals surface area contributed by atoms with Crippen molar-refractivity contribution in [2.45, 2.75) is 13.8 Å². The van der Waals surface area contributed by atoms with E-state index in [-0.39, 0.29) is 10.9 Å². The molecule has 0 radical (unpaired) electrons. The molecule has 0 spiro atoms. The molecule has 0 fully saturated rings. The smallest absolute Gasteiger partial charge is 0.162 e. The lowest BCUT2D eigenvalue weighted by molar-refractivity contribution is 0.101. The van der Waals surface area contributed by atoms with Gasteiger partial charge < -0.3 is 0 Å². The quantitative estimate of drug-likeness (QED) is 0.664. The molecule has 0 atom stereocenters. The van der Waals surface area contributed by atoms with E-state index >= 15 is 0 Å². The van der Waals surface area contributed by atoms with Crippen molar-refractivity contribution in [1.29, 1.82) is 5.26 Å². The minimum atomic E-state index is -0.154. The van der Waals surface area contributed by atoms with Crippen LogP contribution < -0.4 is 0 Å². The van der Waals surface area contributed by atoms with E-state index in [0.717, 1.165) is 0 Å². The summed E-state index contributed by atoms with van der Waals surface area (Å²) >= 11 is 5.83. The predicted molar refractivity (Wildman–Crippen MR) is 66.3 cm³/mol. The molecule has 0 saturated heterocycles. The molecule has 0 aliphatic carbocycles. The van der Waals surface area contributed by atoms with Gasteiger partial charge in [-0.1, -0.05) is 11.6 Å². The Kier molecular flexibility index (Phi) is 3.13. The number of hydrogen-bond acceptors (Lipinski definition) is 4. The van der Waals surface area contributed by atoms with E-state index in [1.54, 1.807) is 13.0 Å². The number of pyridine rings is 1. The van der Waals surface area contributed by atoms with Crippen molar-refractivity contribution in [3.63, 3.8) is 0 Å². The third-order valence-electron chi connectivity index (χ3n) is 2.52. The Hall–Kier alpha value is -2.19. The first-order valence-corrected chi connectivity index (χ1v) is 5.55. The Morgan fingerprint density at radius 2 is 2.17 bits per heavy atom. The van der Waals surface area contributed by atoms with Crippen LogP contribution in [0.25, 0.3) is 11.4 Å². The van der Waals surface area contributed by atoms with Crippen molar-refractivity contribution in [2.24, 2.45) is 0 Å². The van der Waals surface area contributed by atoms with E-state index in [4.69, 9.17) is 16.9 Å². The topological polar surface area (TPSA) is 82.4 Å². The Balaban J connectivity index is 2.74. The van der Waals surface area contributed by atoms with Crippen LogP contribution in [0.15, 0.2) is 12.1 Å². The lowest BCUT2D eigenvalue weighted by atomic mass is 10.0. The van der Waals surface area contributed by atoms with Crippen LogP contribution in [0.1, 0.15) is 28.5 Å². The maximum absolute atomic E-state index is 11.6. The van der Waals surface area contributed by atoms with Crippen LogP contribution in [0.5, 0.6) is 0 Å². The number of aromatic amines is 1. The van der Waals surface area contributed by atoms with Gasteiger partial charge in [0.15, 0.2) is 5.78 Å². The van der Waals surface area contributed by atoms with Crippen LogP contribution in [0.4, 0.5) is 0 Å². The summed E-state index contributed by atoms with van der Waals surface area (Å²) in [5, 5.41) is 16.1. The average molecular weight is 261 g/mol. The highest BCUT2D eigenvalue weighted by atomic mass is 35.5. The van der Waals surface area contributed by atoms with Gasteiger partial charge in [0.1, 0.15) is 28.2 Å². The number of carbonyl (C=O) groups excluding carboxylic acids is 1. The lowest BCUT2D eigenvalue weighted by Gasteiger charge is -2.04. The summed E-state index contributed by atoms with van der Waals surface area (Å²) in [5.41, 5.74) is 2.07. The second kappa shape index (κ2) is 4.59. The fourth-order valence-corrected chi connectivity index (χ4v) is 1.78. The fourth-order valence-electron chi connectivity index (χ4n) is 1.64. The standard InChI is InChI=1S/C12H9ClN4O/c1-6-9(5-14)12(17-16-6)11-8(7(2)18)3-4-10(13)15-11/h3-4H,1-2H3,(H,16,17). The van der Waals surface area contributed by atoms with Gasteiger partial charge in [0.25, 0.3) is 0 Å². The van der Waals surface area contributed by atoms with Crippen LogP contribution in [-0.4, -0.2) is 21.0 Å². The highest BCUT2D eigenvalue weighted by molar-refractivity contribution is 6.29. The number of hydrogen-bond donors (Lipinski definition) is 1. The van der Waals surface area contributed by atoms with Crippen molar-refractivity contribution < 1.29 is 4.79 Å². The molecule has 2 rings (SSSR count). The van der Waals surface area contributed by atoms with Gasteiger partial charge >= 0.3 is 0 Å². The predicted octanol–water partition coefficient (Wildman–Crippen LogP) is 2.51. The summed E-state index contributed by atoms with van der Waals surface area (Å²) in [6.45, 7) is 3.16. The van der Waals surface area contributed by atoms with Crippen LogP contribution in [0.3, 0.4) is 0 Å². The molecule has 0 amide bonds. The van der Waals surface area contributed by atoms with Crippen molar-refractivity contribution in [3.05, 3.63) is 34.1 Å². The van der Waals surface area contributed by atoms with Gasteiger partial charge in [-0.15, -0.1) is 0 Å². The van der Waals surface area contributed by atoms with Crippen LogP contribution in [0.2, 0.25) is 5.15 Å². The number of nitriles is 1. The molecule has 2 heterocycles. The number of carbonyl (C=O) groups is 1. The Morgan fingerprint density at radius 1 is 1.44 bits per heavy atom. The molecule has 0 saturated carbocycles. The molecule has 0 bridgehead atoms. The monoisotopic (exact) mass is 260 g/mol. The van der Waals surface area contributed by atoms with Gasteiger partial charge in [0.05, 0.1) is 5.69 Å². The van der Waals surface area contributed by atoms with Crippen LogP contribution >= 0.6 is 11.6 Å². The van der Waals surface area contributed by atoms with E-state index < -0.39 is 0 Å². The minimum absolute atomic E-state index is 0.154. The molecule has 18 heavy (non-hydrogen) atoms. The zero-order chi connectivity index (χ0) is 13.3. The summed E-state index contributed by atoms with van der Waals surface area (Å²) in [6.07, 6.45) is 0. The Morgan fingerprint density at radius 3 is 2.78 bits per heavy atom. The lowest BCUT2D eigenvalue weighted by Crippen LogP contribution is -2.00. The van der Waals surface area contributed by atoms with Gasteiger partial charge in [-0.3, -0.25) is 9.89 Å². The summed E-state index contributed by atoms with van der Waals surface area (Å²) in [5.74, 6) is -0.154. The second-order valence-corrected chi connectivity index (χ2v) is 4.16. The van der Waals surface area contributed by atoms with E-state index in [9.17, 15) is 4.79 Å². The molecule has 6 heteroatoms. The highest BCUT2D eigenvalue weighted by Gasteiger charge is 2.19. The zero-order valence-electron chi connectivity index (χ0n) is 9.78. The first-order valence-electron chi connectivity index (χ1n) is 5.17. The van der Waals surface area contributed by atoms with Gasteiger partial charge in [-0.05, 0) is 26.0 Å². The summed E-state index contributed by atoms with van der Waals surface area (Å²) < 4.78 is 0. The number of nitrogens with zero attached hydrogens (tertiary/aromatic N) is 3. The summed E-state index contributed by atoms with van der Waals surface area (Å²) in [6, 6.07) is 5.16.